The van der Waals surface area contributed by atoms with E-state index in [-0.39, 0.29) is 43.4 Å². The van der Waals surface area contributed by atoms with Gasteiger partial charge in [0.2, 0.25) is 9.76 Å². The lowest BCUT2D eigenvalue weighted by atomic mass is 9.61. The number of nitrogens with one attached hydrogen (secondary N) is 2. The first-order valence-electron chi connectivity index (χ1n) is 17.9. The smallest absolute Gasteiger partial charge is 0.339 e. The number of methoxy groups -OCH3 is 1. The van der Waals surface area contributed by atoms with Gasteiger partial charge in [0, 0.05) is 17.1 Å². The van der Waals surface area contributed by atoms with Crippen LogP contribution in [0.2, 0.25) is 10.1 Å². The molecule has 2 radical (unpaired) electrons. The van der Waals surface area contributed by atoms with Crippen LogP contribution in [0.4, 0.5) is 10.6 Å². The second-order valence-corrected chi connectivity index (χ2v) is 18.5. The molecule has 2 N–H and O–H groups in total. The van der Waals surface area contributed by atoms with Gasteiger partial charge in [-0.05, 0) is 76.6 Å². The highest BCUT2D eigenvalue weighted by Crippen LogP contribution is 2.53. The molecule has 7 nitrogen and oxygen atoms in total. The SMILES string of the molecule is COC(=O)c1ccc(NC(=O)N[C@@](C)(c2ccc(CCC(C)(C)C)c(Cl)c2)C(C(C)C)C(O[Si]C(C)(C)C)(c2ccccc2)c2ccccc2)nc1. The molecule has 1 heterocycles. The predicted molar refractivity (Wildman–Crippen MR) is 213 cm³/mol. The number of aromatic nitrogens is 1. The zero-order valence-corrected chi connectivity index (χ0v) is 34.0. The van der Waals surface area contributed by atoms with Gasteiger partial charge in [-0.2, -0.15) is 0 Å². The van der Waals surface area contributed by atoms with Gasteiger partial charge in [0.1, 0.15) is 11.4 Å². The number of nitrogens with zero attached hydrogens (tertiary/aromatic N) is 1. The highest BCUT2D eigenvalue weighted by Gasteiger charge is 2.55. The zero-order chi connectivity index (χ0) is 38.3. The van der Waals surface area contributed by atoms with Gasteiger partial charge in [-0.1, -0.05) is 140 Å². The molecule has 0 aliphatic carbocycles. The van der Waals surface area contributed by atoms with Gasteiger partial charge in [-0.25, -0.2) is 14.6 Å². The molecule has 0 saturated carbocycles. The number of carbonyl (C=O) groups is 2. The van der Waals surface area contributed by atoms with Crippen LogP contribution in [0.25, 0.3) is 0 Å². The van der Waals surface area contributed by atoms with Gasteiger partial charge in [-0.15, -0.1) is 0 Å². The summed E-state index contributed by atoms with van der Waals surface area (Å²) in [6, 6.07) is 29.5. The number of urea groups is 1. The topological polar surface area (TPSA) is 89.5 Å². The summed E-state index contributed by atoms with van der Waals surface area (Å²) < 4.78 is 12.2. The van der Waals surface area contributed by atoms with Crippen LogP contribution < -0.4 is 10.6 Å². The van der Waals surface area contributed by atoms with Crippen LogP contribution in [0.3, 0.4) is 0 Å². The molecule has 3 aromatic carbocycles. The summed E-state index contributed by atoms with van der Waals surface area (Å²) in [6.45, 7) is 19.6. The fourth-order valence-corrected chi connectivity index (χ4v) is 7.96. The molecule has 0 fully saturated rings. The van der Waals surface area contributed by atoms with Crippen molar-refractivity contribution in [2.75, 3.05) is 12.4 Å². The first-order valence-corrected chi connectivity index (χ1v) is 19.2. The van der Waals surface area contributed by atoms with Crippen molar-refractivity contribution in [3.8, 4) is 0 Å². The maximum absolute atomic E-state index is 14.3. The highest BCUT2D eigenvalue weighted by atomic mass is 35.5. The van der Waals surface area contributed by atoms with Crippen molar-refractivity contribution in [3.63, 3.8) is 0 Å². The average molecular weight is 740 g/mol. The van der Waals surface area contributed by atoms with Crippen LogP contribution in [0.1, 0.15) is 101 Å². The third-order valence-corrected chi connectivity index (χ3v) is 10.6. The van der Waals surface area contributed by atoms with E-state index in [0.29, 0.717) is 5.02 Å². The van der Waals surface area contributed by atoms with Gasteiger partial charge in [0.15, 0.2) is 0 Å². The molecule has 1 unspecified atom stereocenters. The number of aryl methyl sites for hydroxylation is 1. The van der Waals surface area contributed by atoms with E-state index < -0.39 is 23.1 Å². The summed E-state index contributed by atoms with van der Waals surface area (Å²) >= 11 is 7.13. The Kier molecular flexibility index (Phi) is 13.2. The molecule has 9 heteroatoms. The predicted octanol–water partition coefficient (Wildman–Crippen LogP) is 10.6. The number of hydrogen-bond donors (Lipinski definition) is 2. The van der Waals surface area contributed by atoms with Crippen molar-refractivity contribution >= 4 is 39.2 Å². The van der Waals surface area contributed by atoms with E-state index in [0.717, 1.165) is 35.1 Å². The van der Waals surface area contributed by atoms with Gasteiger partial charge in [-0.3, -0.25) is 5.32 Å². The van der Waals surface area contributed by atoms with Crippen molar-refractivity contribution in [1.82, 2.24) is 10.3 Å². The molecule has 0 aliphatic rings. The number of anilines is 1. The first-order chi connectivity index (χ1) is 24.4. The minimum Gasteiger partial charge on any atom is -0.465 e. The van der Waals surface area contributed by atoms with Crippen LogP contribution in [0, 0.1) is 17.3 Å². The Balaban J connectivity index is 1.96. The molecule has 4 rings (SSSR count). The zero-order valence-electron chi connectivity index (χ0n) is 32.3. The molecule has 1 aromatic heterocycles. The van der Waals surface area contributed by atoms with Crippen molar-refractivity contribution in [1.29, 1.82) is 0 Å². The maximum atomic E-state index is 14.3. The number of carbonyl (C=O) groups excluding carboxylic acids is 2. The lowest BCUT2D eigenvalue weighted by molar-refractivity contribution is -0.0293. The number of pyridine rings is 1. The summed E-state index contributed by atoms with van der Waals surface area (Å²) in [5, 5.41) is 6.84. The lowest BCUT2D eigenvalue weighted by Crippen LogP contribution is -2.60. The number of rotatable bonds is 13. The van der Waals surface area contributed by atoms with Gasteiger partial charge < -0.3 is 14.5 Å². The Morgan fingerprint density at radius 1 is 0.827 bits per heavy atom. The van der Waals surface area contributed by atoms with Crippen LogP contribution in [-0.4, -0.2) is 33.9 Å². The minimum atomic E-state index is -1.07. The minimum absolute atomic E-state index is 0.0349. The van der Waals surface area contributed by atoms with Gasteiger partial charge >= 0.3 is 12.0 Å². The normalized spacial score (nSPS) is 14.0. The summed E-state index contributed by atoms with van der Waals surface area (Å²) in [6.07, 6.45) is 3.19. The molecule has 0 spiro atoms. The molecular formula is C43H54ClN3O4Si. The van der Waals surface area contributed by atoms with Crippen LogP contribution >= 0.6 is 11.6 Å². The number of amides is 2. The second-order valence-electron chi connectivity index (χ2n) is 16.2. The van der Waals surface area contributed by atoms with E-state index in [1.165, 1.54) is 13.3 Å². The molecule has 2 amide bonds. The second kappa shape index (κ2) is 16.8. The number of hydrogen-bond acceptors (Lipinski definition) is 5. The van der Waals surface area contributed by atoms with E-state index in [1.807, 2.05) is 42.5 Å². The van der Waals surface area contributed by atoms with Crippen molar-refractivity contribution < 1.29 is 18.8 Å². The van der Waals surface area contributed by atoms with Crippen molar-refractivity contribution in [3.05, 3.63) is 130 Å². The van der Waals surface area contributed by atoms with E-state index in [9.17, 15) is 9.59 Å². The maximum Gasteiger partial charge on any atom is 0.339 e. The molecular weight excluding hydrogens is 686 g/mol. The first kappa shape index (κ1) is 40.8. The highest BCUT2D eigenvalue weighted by molar-refractivity contribution is 6.32. The number of halogens is 1. The molecule has 0 saturated heterocycles. The fraction of sp³-hybridized carbons (Fsp3) is 0.419. The molecule has 276 valence electrons. The van der Waals surface area contributed by atoms with E-state index in [1.54, 1.807) is 12.1 Å². The van der Waals surface area contributed by atoms with E-state index in [4.69, 9.17) is 20.8 Å². The van der Waals surface area contributed by atoms with Crippen molar-refractivity contribution in [2.45, 2.75) is 91.3 Å². The van der Waals surface area contributed by atoms with E-state index in [2.05, 4.69) is 114 Å². The number of ether oxygens (including phenoxy) is 1. The van der Waals surface area contributed by atoms with Crippen LogP contribution in [0.15, 0.2) is 97.2 Å². The standard InChI is InChI=1S/C43H54ClN3O4Si/c1-29(2)37(43(51-52-41(6,7)8,32-17-13-11-14-18-32)33-19-15-12-16-20-33)42(9,34-23-21-30(35(44)27-34)25-26-40(3,4)5)47-39(49)46-36-24-22-31(28-45-36)38(48)50-10/h11-24,27-29,37H,25-26H2,1-10H3,(H2,45,46,47,49)/t37?,42-/m0/s1. The summed E-state index contributed by atoms with van der Waals surface area (Å²) in [5.41, 5.74) is 2.23. The summed E-state index contributed by atoms with van der Waals surface area (Å²) in [7, 11) is 1.44. The molecule has 4 aromatic rings. The van der Waals surface area contributed by atoms with Crippen molar-refractivity contribution in [2.24, 2.45) is 17.3 Å². The third kappa shape index (κ3) is 9.91. The summed E-state index contributed by atoms with van der Waals surface area (Å²) in [4.78, 5) is 30.6. The van der Waals surface area contributed by atoms with E-state index >= 15 is 0 Å². The van der Waals surface area contributed by atoms with Gasteiger partial charge in [0.25, 0.3) is 0 Å². The Bertz CT molecular complexity index is 1750. The lowest BCUT2D eigenvalue weighted by Gasteiger charge is -2.53. The number of esters is 1. The van der Waals surface area contributed by atoms with Crippen LogP contribution in [0.5, 0.6) is 0 Å². The third-order valence-electron chi connectivity index (χ3n) is 9.25. The molecule has 0 bridgehead atoms. The Morgan fingerprint density at radius 2 is 1.42 bits per heavy atom. The Labute approximate surface area is 318 Å². The summed E-state index contributed by atoms with van der Waals surface area (Å²) in [5.74, 6) is -0.636. The van der Waals surface area contributed by atoms with Gasteiger partial charge in [0.05, 0.1) is 18.2 Å². The monoisotopic (exact) mass is 739 g/mol. The Hall–Kier alpha value is -3.98. The quantitative estimate of drug-likeness (QED) is 0.105. The fourth-order valence-electron chi connectivity index (χ4n) is 6.86. The van der Waals surface area contributed by atoms with Crippen LogP contribution in [-0.2, 0) is 26.7 Å². The largest absolute Gasteiger partial charge is 0.465 e. The molecule has 0 aliphatic heterocycles. The molecule has 2 atom stereocenters. The average Bonchev–Trinajstić information content (AvgIpc) is 3.09. The Morgan fingerprint density at radius 3 is 1.88 bits per heavy atom. The molecule has 52 heavy (non-hydrogen) atoms. The number of benzene rings is 3.